The van der Waals surface area contributed by atoms with Crippen molar-refractivity contribution in [3.8, 4) is 11.3 Å². The molecule has 2 aromatic rings. The van der Waals surface area contributed by atoms with Gasteiger partial charge in [-0.15, -0.1) is 0 Å². The molecule has 3 rings (SSSR count). The molecule has 0 bridgehead atoms. The highest BCUT2D eigenvalue weighted by atomic mass is 19.2. The Hall–Kier alpha value is -2.77. The molecule has 1 fully saturated rings. The first-order valence-electron chi connectivity index (χ1n) is 9.70. The molecular weight excluding hydrogens is 380 g/mol. The zero-order valence-electron chi connectivity index (χ0n) is 16.9. The average Bonchev–Trinajstić information content (AvgIpc) is 3.14. The van der Waals surface area contributed by atoms with Crippen LogP contribution in [0.5, 0.6) is 0 Å². The number of hydrogen-bond donors (Lipinski definition) is 1. The molecule has 1 aromatic carbocycles. The van der Waals surface area contributed by atoms with E-state index in [0.29, 0.717) is 13.0 Å². The molecule has 0 unspecified atom stereocenters. The minimum Gasteiger partial charge on any atom is -0.355 e. The summed E-state index contributed by atoms with van der Waals surface area (Å²) in [5.74, 6) is -2.07. The van der Waals surface area contributed by atoms with Crippen LogP contribution in [-0.4, -0.2) is 40.5 Å². The van der Waals surface area contributed by atoms with Gasteiger partial charge in [-0.3, -0.25) is 9.59 Å². The molecule has 0 spiro atoms. The monoisotopic (exact) mass is 405 g/mol. The van der Waals surface area contributed by atoms with Gasteiger partial charge in [-0.2, -0.15) is 0 Å². The molecule has 2 atom stereocenters. The molecule has 1 aliphatic rings. The number of rotatable bonds is 5. The van der Waals surface area contributed by atoms with Crippen molar-refractivity contribution in [2.45, 2.75) is 46.2 Å². The van der Waals surface area contributed by atoms with Crippen molar-refractivity contribution in [3.05, 3.63) is 41.6 Å². The highest BCUT2D eigenvalue weighted by Gasteiger charge is 2.39. The quantitative estimate of drug-likeness (QED) is 0.824. The van der Waals surface area contributed by atoms with Gasteiger partial charge >= 0.3 is 0 Å². The van der Waals surface area contributed by atoms with Crippen molar-refractivity contribution in [3.63, 3.8) is 0 Å². The Balaban J connectivity index is 1.88. The van der Waals surface area contributed by atoms with Crippen LogP contribution in [0.1, 0.15) is 44.6 Å². The Morgan fingerprint density at radius 3 is 2.59 bits per heavy atom. The van der Waals surface area contributed by atoms with E-state index in [9.17, 15) is 18.4 Å². The number of carbonyl (C=O) groups is 2. The summed E-state index contributed by atoms with van der Waals surface area (Å²) in [5, 5.41) is 6.81. The Bertz CT molecular complexity index is 910. The molecule has 0 aliphatic carbocycles. The van der Waals surface area contributed by atoms with E-state index in [2.05, 4.69) is 10.5 Å². The number of piperazine rings is 1. The van der Waals surface area contributed by atoms with Crippen LogP contribution in [0.3, 0.4) is 0 Å². The maximum atomic E-state index is 13.5. The second-order valence-electron chi connectivity index (χ2n) is 8.17. The summed E-state index contributed by atoms with van der Waals surface area (Å²) in [6.07, 6.45) is 0.524. The van der Waals surface area contributed by atoms with Gasteiger partial charge in [0.1, 0.15) is 6.04 Å². The van der Waals surface area contributed by atoms with Crippen LogP contribution in [0.25, 0.3) is 11.3 Å². The Morgan fingerprint density at radius 2 is 1.97 bits per heavy atom. The van der Waals surface area contributed by atoms with Crippen LogP contribution in [0.4, 0.5) is 8.78 Å². The third kappa shape index (κ3) is 4.46. The van der Waals surface area contributed by atoms with E-state index >= 15 is 0 Å². The summed E-state index contributed by atoms with van der Waals surface area (Å²) in [7, 11) is 0. The maximum Gasteiger partial charge on any atom is 0.276 e. The third-order valence-corrected chi connectivity index (χ3v) is 5.09. The van der Waals surface area contributed by atoms with E-state index in [-0.39, 0.29) is 40.8 Å². The number of aromatic nitrogens is 1. The SMILES string of the molecule is CC(C)C[C@H]1C(=O)N[C@@H](C(C)C)CN1C(=O)c1cc(-c2ccc(F)c(F)c2)on1. The predicted molar refractivity (Wildman–Crippen MR) is 103 cm³/mol. The summed E-state index contributed by atoms with van der Waals surface area (Å²) in [6.45, 7) is 8.30. The molecule has 8 heteroatoms. The number of nitrogens with one attached hydrogen (secondary N) is 1. The van der Waals surface area contributed by atoms with Crippen LogP contribution in [0, 0.1) is 23.5 Å². The summed E-state index contributed by atoms with van der Waals surface area (Å²) in [5.41, 5.74) is 0.293. The fraction of sp³-hybridized carbons (Fsp3) is 0.476. The lowest BCUT2D eigenvalue weighted by Gasteiger charge is -2.41. The van der Waals surface area contributed by atoms with Crippen molar-refractivity contribution in [2.75, 3.05) is 6.54 Å². The largest absolute Gasteiger partial charge is 0.355 e. The Labute approximate surface area is 168 Å². The predicted octanol–water partition coefficient (Wildman–Crippen LogP) is 3.63. The van der Waals surface area contributed by atoms with Gasteiger partial charge in [0.2, 0.25) is 5.91 Å². The molecule has 1 N–H and O–H groups in total. The van der Waals surface area contributed by atoms with Crippen LogP contribution in [0.15, 0.2) is 28.8 Å². The van der Waals surface area contributed by atoms with Gasteiger partial charge < -0.3 is 14.7 Å². The lowest BCUT2D eigenvalue weighted by atomic mass is 9.94. The highest BCUT2D eigenvalue weighted by molar-refractivity contribution is 5.97. The minimum absolute atomic E-state index is 0.0238. The first-order valence-corrected chi connectivity index (χ1v) is 9.70. The van der Waals surface area contributed by atoms with Crippen LogP contribution < -0.4 is 5.32 Å². The molecule has 1 aromatic heterocycles. The third-order valence-electron chi connectivity index (χ3n) is 5.09. The summed E-state index contributed by atoms with van der Waals surface area (Å²) in [6, 6.07) is 3.94. The lowest BCUT2D eigenvalue weighted by molar-refractivity contribution is -0.130. The van der Waals surface area contributed by atoms with Crippen molar-refractivity contribution in [1.82, 2.24) is 15.4 Å². The molecule has 0 saturated carbocycles. The highest BCUT2D eigenvalue weighted by Crippen LogP contribution is 2.25. The van der Waals surface area contributed by atoms with Crippen molar-refractivity contribution < 1.29 is 22.9 Å². The number of hydrogen-bond acceptors (Lipinski definition) is 4. The number of benzene rings is 1. The molecule has 0 radical (unpaired) electrons. The summed E-state index contributed by atoms with van der Waals surface area (Å²) in [4.78, 5) is 27.4. The molecule has 2 amide bonds. The van der Waals surface area contributed by atoms with Crippen molar-refractivity contribution in [2.24, 2.45) is 11.8 Å². The van der Waals surface area contributed by atoms with Gasteiger partial charge in [0.15, 0.2) is 23.1 Å². The lowest BCUT2D eigenvalue weighted by Crippen LogP contribution is -2.63. The second kappa shape index (κ2) is 8.31. The van der Waals surface area contributed by atoms with Gasteiger partial charge in [0.25, 0.3) is 5.91 Å². The molecule has 156 valence electrons. The van der Waals surface area contributed by atoms with E-state index < -0.39 is 23.6 Å². The molecule has 6 nitrogen and oxygen atoms in total. The van der Waals surface area contributed by atoms with Gasteiger partial charge in [0, 0.05) is 24.2 Å². The zero-order valence-corrected chi connectivity index (χ0v) is 16.9. The Morgan fingerprint density at radius 1 is 1.24 bits per heavy atom. The van der Waals surface area contributed by atoms with E-state index in [4.69, 9.17) is 4.52 Å². The fourth-order valence-corrected chi connectivity index (χ4v) is 3.40. The van der Waals surface area contributed by atoms with Crippen LogP contribution in [0.2, 0.25) is 0 Å². The standard InChI is InChI=1S/C21H25F2N3O3/c1-11(2)7-18-20(27)24-17(12(3)4)10-26(18)21(28)16-9-19(29-25-16)13-5-6-14(22)15(23)8-13/h5-6,8-9,11-12,17-18H,7,10H2,1-4H3,(H,24,27)/t17-,18+/m1/s1. The van der Waals surface area contributed by atoms with E-state index in [1.165, 1.54) is 17.0 Å². The normalized spacial score (nSPS) is 19.7. The summed E-state index contributed by atoms with van der Waals surface area (Å²) >= 11 is 0. The fourth-order valence-electron chi connectivity index (χ4n) is 3.40. The van der Waals surface area contributed by atoms with E-state index in [1.807, 2.05) is 27.7 Å². The summed E-state index contributed by atoms with van der Waals surface area (Å²) < 4.78 is 31.8. The number of nitrogens with zero attached hydrogens (tertiary/aromatic N) is 2. The van der Waals surface area contributed by atoms with Gasteiger partial charge in [0.05, 0.1) is 0 Å². The number of halogens is 2. The van der Waals surface area contributed by atoms with Crippen molar-refractivity contribution >= 4 is 11.8 Å². The molecule has 1 saturated heterocycles. The van der Waals surface area contributed by atoms with E-state index in [0.717, 1.165) is 12.1 Å². The zero-order chi connectivity index (χ0) is 21.3. The van der Waals surface area contributed by atoms with Crippen molar-refractivity contribution in [1.29, 1.82) is 0 Å². The number of amides is 2. The number of carbonyl (C=O) groups excluding carboxylic acids is 2. The van der Waals surface area contributed by atoms with Crippen LogP contribution in [-0.2, 0) is 4.79 Å². The molecule has 2 heterocycles. The Kier molecular flexibility index (Phi) is 6.00. The maximum absolute atomic E-state index is 13.5. The second-order valence-corrected chi connectivity index (χ2v) is 8.17. The first-order chi connectivity index (χ1) is 13.7. The smallest absolute Gasteiger partial charge is 0.276 e. The average molecular weight is 405 g/mol. The topological polar surface area (TPSA) is 75.4 Å². The molecule has 1 aliphatic heterocycles. The van der Waals surface area contributed by atoms with E-state index in [1.54, 1.807) is 0 Å². The van der Waals surface area contributed by atoms with Gasteiger partial charge in [-0.25, -0.2) is 8.78 Å². The minimum atomic E-state index is -1.02. The van der Waals surface area contributed by atoms with Gasteiger partial charge in [-0.1, -0.05) is 32.9 Å². The van der Waals surface area contributed by atoms with Crippen LogP contribution >= 0.6 is 0 Å². The van der Waals surface area contributed by atoms with Gasteiger partial charge in [-0.05, 0) is 36.5 Å². The first kappa shape index (κ1) is 21.0. The molecular formula is C21H25F2N3O3. The molecule has 29 heavy (non-hydrogen) atoms.